The molecular formula is C12H22N2O2. The molecule has 1 atom stereocenters. The topological polar surface area (TPSA) is 47.3 Å². The monoisotopic (exact) mass is 226 g/mol. The van der Waals surface area contributed by atoms with Gasteiger partial charge in [-0.05, 0) is 19.8 Å². The van der Waals surface area contributed by atoms with E-state index in [2.05, 4.69) is 23.4 Å². The maximum Gasteiger partial charge on any atom is 0.111 e. The number of rotatable bonds is 8. The molecule has 0 spiro atoms. The summed E-state index contributed by atoms with van der Waals surface area (Å²) in [6.07, 6.45) is 5.67. The first-order valence-corrected chi connectivity index (χ1v) is 6.03. The van der Waals surface area contributed by atoms with Gasteiger partial charge in [-0.2, -0.15) is 0 Å². The van der Waals surface area contributed by atoms with Gasteiger partial charge >= 0.3 is 0 Å². The van der Waals surface area contributed by atoms with Gasteiger partial charge in [-0.3, -0.25) is 0 Å². The summed E-state index contributed by atoms with van der Waals surface area (Å²) in [4.78, 5) is 4.23. The number of aliphatic hydroxyl groups excluding tert-OH is 1. The van der Waals surface area contributed by atoms with Crippen LogP contribution >= 0.6 is 0 Å². The van der Waals surface area contributed by atoms with Crippen molar-refractivity contribution in [3.63, 3.8) is 0 Å². The van der Waals surface area contributed by atoms with E-state index >= 15 is 0 Å². The third-order valence-electron chi connectivity index (χ3n) is 2.50. The third-order valence-corrected chi connectivity index (χ3v) is 2.50. The molecule has 0 fully saturated rings. The minimum absolute atomic E-state index is 0.357. The molecule has 92 valence electrons. The van der Waals surface area contributed by atoms with E-state index in [0.717, 1.165) is 25.4 Å². The van der Waals surface area contributed by atoms with Crippen molar-refractivity contribution in [1.82, 2.24) is 9.55 Å². The third kappa shape index (κ3) is 4.33. The smallest absolute Gasteiger partial charge is 0.111 e. The minimum atomic E-state index is -0.357. The highest BCUT2D eigenvalue weighted by Gasteiger charge is 2.09. The molecule has 0 aliphatic carbocycles. The van der Waals surface area contributed by atoms with Gasteiger partial charge in [0.1, 0.15) is 5.82 Å². The van der Waals surface area contributed by atoms with E-state index in [1.54, 1.807) is 6.20 Å². The molecule has 1 unspecified atom stereocenters. The van der Waals surface area contributed by atoms with Crippen LogP contribution in [0.4, 0.5) is 0 Å². The van der Waals surface area contributed by atoms with Crippen molar-refractivity contribution in [3.05, 3.63) is 18.2 Å². The molecule has 1 aromatic rings. The lowest BCUT2D eigenvalue weighted by atomic mass is 10.2. The van der Waals surface area contributed by atoms with Gasteiger partial charge in [-0.1, -0.05) is 6.92 Å². The molecule has 1 heterocycles. The van der Waals surface area contributed by atoms with Crippen LogP contribution in [-0.4, -0.2) is 34.0 Å². The van der Waals surface area contributed by atoms with Crippen LogP contribution in [0.25, 0.3) is 0 Å². The van der Waals surface area contributed by atoms with Crippen LogP contribution in [0.1, 0.15) is 32.5 Å². The largest absolute Gasteiger partial charge is 0.393 e. The Morgan fingerprint density at radius 1 is 1.44 bits per heavy atom. The van der Waals surface area contributed by atoms with Gasteiger partial charge in [-0.25, -0.2) is 4.98 Å². The maximum atomic E-state index is 9.81. The van der Waals surface area contributed by atoms with Crippen molar-refractivity contribution < 1.29 is 9.84 Å². The van der Waals surface area contributed by atoms with Gasteiger partial charge in [0, 0.05) is 38.6 Å². The van der Waals surface area contributed by atoms with Crippen molar-refractivity contribution in [2.24, 2.45) is 0 Å². The lowest BCUT2D eigenvalue weighted by molar-refractivity contribution is 0.0812. The van der Waals surface area contributed by atoms with Crippen molar-refractivity contribution in [3.8, 4) is 0 Å². The zero-order valence-corrected chi connectivity index (χ0v) is 10.2. The predicted octanol–water partition coefficient (Wildman–Crippen LogP) is 1.62. The lowest BCUT2D eigenvalue weighted by Crippen LogP contribution is -2.16. The molecule has 0 aromatic carbocycles. The molecule has 0 saturated carbocycles. The summed E-state index contributed by atoms with van der Waals surface area (Å²) in [5.74, 6) is 0.950. The summed E-state index contributed by atoms with van der Waals surface area (Å²) in [5.41, 5.74) is 0. The molecule has 1 N–H and O–H groups in total. The van der Waals surface area contributed by atoms with Gasteiger partial charge in [0.15, 0.2) is 0 Å². The van der Waals surface area contributed by atoms with Crippen LogP contribution in [0.5, 0.6) is 0 Å². The summed E-state index contributed by atoms with van der Waals surface area (Å²) in [5, 5.41) is 9.81. The summed E-state index contributed by atoms with van der Waals surface area (Å²) < 4.78 is 7.39. The summed E-state index contributed by atoms with van der Waals surface area (Å²) >= 11 is 0. The second-order valence-corrected chi connectivity index (χ2v) is 3.89. The van der Waals surface area contributed by atoms with Gasteiger partial charge in [0.2, 0.25) is 0 Å². The van der Waals surface area contributed by atoms with Crippen molar-refractivity contribution in [2.75, 3.05) is 13.2 Å². The van der Waals surface area contributed by atoms with E-state index in [9.17, 15) is 5.11 Å². The average molecular weight is 226 g/mol. The second-order valence-electron chi connectivity index (χ2n) is 3.89. The number of aryl methyl sites for hydroxylation is 1. The van der Waals surface area contributed by atoms with Gasteiger partial charge in [-0.15, -0.1) is 0 Å². The summed E-state index contributed by atoms with van der Waals surface area (Å²) in [6.45, 7) is 6.45. The Bertz CT molecular complexity index is 286. The molecule has 16 heavy (non-hydrogen) atoms. The van der Waals surface area contributed by atoms with Crippen LogP contribution in [0, 0.1) is 0 Å². The van der Waals surface area contributed by atoms with E-state index in [1.807, 2.05) is 6.20 Å². The van der Waals surface area contributed by atoms with Gasteiger partial charge in [0.05, 0.1) is 6.10 Å². The van der Waals surface area contributed by atoms with Crippen molar-refractivity contribution >= 4 is 0 Å². The van der Waals surface area contributed by atoms with E-state index in [1.165, 1.54) is 0 Å². The van der Waals surface area contributed by atoms with Gasteiger partial charge < -0.3 is 14.4 Å². The molecule has 4 nitrogen and oxygen atoms in total. The number of aromatic nitrogens is 2. The van der Waals surface area contributed by atoms with Gasteiger partial charge in [0.25, 0.3) is 0 Å². The molecule has 1 aromatic heterocycles. The van der Waals surface area contributed by atoms with Crippen molar-refractivity contribution in [1.29, 1.82) is 0 Å². The zero-order chi connectivity index (χ0) is 11.8. The summed E-state index contributed by atoms with van der Waals surface area (Å²) in [6, 6.07) is 0. The van der Waals surface area contributed by atoms with Crippen LogP contribution in [-0.2, 0) is 17.7 Å². The highest BCUT2D eigenvalue weighted by atomic mass is 16.5. The first-order valence-electron chi connectivity index (χ1n) is 6.03. The Kier molecular flexibility index (Phi) is 6.11. The van der Waals surface area contributed by atoms with E-state index in [4.69, 9.17) is 4.74 Å². The quantitative estimate of drug-likeness (QED) is 0.685. The van der Waals surface area contributed by atoms with Crippen LogP contribution < -0.4 is 0 Å². The summed E-state index contributed by atoms with van der Waals surface area (Å²) in [7, 11) is 0. The van der Waals surface area contributed by atoms with Crippen LogP contribution in [0.15, 0.2) is 12.4 Å². The fourth-order valence-electron chi connectivity index (χ4n) is 1.60. The first-order chi connectivity index (χ1) is 7.77. The molecule has 4 heteroatoms. The Morgan fingerprint density at radius 2 is 2.25 bits per heavy atom. The second kappa shape index (κ2) is 7.41. The number of hydrogen-bond acceptors (Lipinski definition) is 3. The fraction of sp³-hybridized carbons (Fsp3) is 0.750. The SMILES string of the molecule is CCCOCCC(O)Cc1nccn1CC. The molecule has 0 aliphatic heterocycles. The number of aliphatic hydroxyl groups is 1. The highest BCUT2D eigenvalue weighted by molar-refractivity contribution is 4.93. The van der Waals surface area contributed by atoms with E-state index in [0.29, 0.717) is 19.4 Å². The van der Waals surface area contributed by atoms with Crippen molar-refractivity contribution in [2.45, 2.75) is 45.8 Å². The molecule has 0 bridgehead atoms. The van der Waals surface area contributed by atoms with Crippen LogP contribution in [0.3, 0.4) is 0 Å². The molecular weight excluding hydrogens is 204 g/mol. The fourth-order valence-corrected chi connectivity index (χ4v) is 1.60. The number of nitrogens with zero attached hydrogens (tertiary/aromatic N) is 2. The normalized spacial score (nSPS) is 12.9. The van der Waals surface area contributed by atoms with E-state index < -0.39 is 0 Å². The Balaban J connectivity index is 2.25. The number of ether oxygens (including phenoxy) is 1. The molecule has 1 rings (SSSR count). The zero-order valence-electron chi connectivity index (χ0n) is 10.2. The lowest BCUT2D eigenvalue weighted by Gasteiger charge is -2.11. The number of imidazole rings is 1. The Hall–Kier alpha value is -0.870. The minimum Gasteiger partial charge on any atom is -0.393 e. The van der Waals surface area contributed by atoms with E-state index in [-0.39, 0.29) is 6.10 Å². The predicted molar refractivity (Wildman–Crippen MR) is 63.3 cm³/mol. The Labute approximate surface area is 97.3 Å². The maximum absolute atomic E-state index is 9.81. The molecule has 0 radical (unpaired) electrons. The molecule has 0 amide bonds. The first kappa shape index (κ1) is 13.2. The Morgan fingerprint density at radius 3 is 2.94 bits per heavy atom. The highest BCUT2D eigenvalue weighted by Crippen LogP contribution is 2.04. The molecule has 0 aliphatic rings. The molecule has 0 saturated heterocycles. The average Bonchev–Trinajstić information content (AvgIpc) is 2.71. The number of hydrogen-bond donors (Lipinski definition) is 1. The standard InChI is InChI=1S/C12H22N2O2/c1-3-8-16-9-5-11(15)10-12-13-6-7-14(12)4-2/h6-7,11,15H,3-5,8-10H2,1-2H3. The van der Waals surface area contributed by atoms with Crippen LogP contribution in [0.2, 0.25) is 0 Å².